The van der Waals surface area contributed by atoms with Crippen molar-refractivity contribution in [3.8, 4) is 0 Å². The highest BCUT2D eigenvalue weighted by Gasteiger charge is 2.24. The topological polar surface area (TPSA) is 56.7 Å². The molecule has 4 heteroatoms. The third kappa shape index (κ3) is 1.82. The highest BCUT2D eigenvalue weighted by atomic mass is 15.4. The van der Waals surface area contributed by atoms with E-state index >= 15 is 0 Å². The van der Waals surface area contributed by atoms with Crippen molar-refractivity contribution in [3.63, 3.8) is 0 Å². The molecule has 0 spiro atoms. The Labute approximate surface area is 78.1 Å². The van der Waals surface area contributed by atoms with Crippen molar-refractivity contribution in [2.45, 2.75) is 32.7 Å². The smallest absolute Gasteiger partial charge is 0.239 e. The number of aromatic nitrogens is 3. The van der Waals surface area contributed by atoms with E-state index in [-0.39, 0.29) is 0 Å². The highest BCUT2D eigenvalue weighted by molar-refractivity contribution is 5.09. The Balaban J connectivity index is 1.89. The van der Waals surface area contributed by atoms with Crippen LogP contribution in [0.4, 0.5) is 5.95 Å². The van der Waals surface area contributed by atoms with E-state index in [1.807, 2.05) is 4.68 Å². The van der Waals surface area contributed by atoms with Crippen LogP contribution in [0.5, 0.6) is 0 Å². The van der Waals surface area contributed by atoms with Crippen LogP contribution in [0.15, 0.2) is 6.33 Å². The number of nitrogen functional groups attached to an aromatic ring is 1. The summed E-state index contributed by atoms with van der Waals surface area (Å²) in [6.45, 7) is 3.23. The van der Waals surface area contributed by atoms with Gasteiger partial charge in [-0.1, -0.05) is 26.2 Å². The van der Waals surface area contributed by atoms with Crippen molar-refractivity contribution in [2.24, 2.45) is 11.8 Å². The Bertz CT molecular complexity index is 277. The van der Waals surface area contributed by atoms with E-state index in [4.69, 9.17) is 5.73 Å². The number of nitrogens with two attached hydrogens (primary N) is 1. The van der Waals surface area contributed by atoms with Crippen molar-refractivity contribution in [3.05, 3.63) is 6.33 Å². The SMILES string of the molecule is CC(Cn1cnc(N)n1)C1CCC1. The summed E-state index contributed by atoms with van der Waals surface area (Å²) in [5.41, 5.74) is 5.43. The minimum absolute atomic E-state index is 0.376. The molecule has 1 atom stereocenters. The van der Waals surface area contributed by atoms with Gasteiger partial charge in [0.1, 0.15) is 6.33 Å². The second-order valence-electron chi connectivity index (χ2n) is 3.99. The molecule has 0 amide bonds. The third-order valence-corrected chi connectivity index (χ3v) is 2.98. The standard InChI is InChI=1S/C9H16N4/c1-7(8-3-2-4-8)5-13-6-11-9(10)12-13/h6-8H,2-5H2,1H3,(H2,10,12). The van der Waals surface area contributed by atoms with Gasteiger partial charge in [0.05, 0.1) is 0 Å². The summed E-state index contributed by atoms with van der Waals surface area (Å²) in [5, 5.41) is 4.07. The maximum absolute atomic E-state index is 5.43. The van der Waals surface area contributed by atoms with Gasteiger partial charge in [-0.25, -0.2) is 4.98 Å². The van der Waals surface area contributed by atoms with E-state index in [0.717, 1.165) is 12.5 Å². The molecule has 0 radical (unpaired) electrons. The van der Waals surface area contributed by atoms with Crippen LogP contribution in [0.25, 0.3) is 0 Å². The zero-order valence-corrected chi connectivity index (χ0v) is 7.98. The molecule has 0 bridgehead atoms. The number of hydrogen-bond donors (Lipinski definition) is 1. The van der Waals surface area contributed by atoms with Gasteiger partial charge < -0.3 is 5.73 Å². The van der Waals surface area contributed by atoms with E-state index in [1.165, 1.54) is 19.3 Å². The molecular weight excluding hydrogens is 164 g/mol. The van der Waals surface area contributed by atoms with Gasteiger partial charge in [0.15, 0.2) is 0 Å². The Morgan fingerprint density at radius 1 is 1.69 bits per heavy atom. The molecule has 2 rings (SSSR count). The fourth-order valence-electron chi connectivity index (χ4n) is 1.85. The molecule has 0 saturated heterocycles. The summed E-state index contributed by atoms with van der Waals surface area (Å²) < 4.78 is 1.85. The summed E-state index contributed by atoms with van der Waals surface area (Å²) in [7, 11) is 0. The Kier molecular flexibility index (Phi) is 2.20. The molecule has 1 heterocycles. The van der Waals surface area contributed by atoms with Crippen molar-refractivity contribution in [1.29, 1.82) is 0 Å². The van der Waals surface area contributed by atoms with Crippen LogP contribution < -0.4 is 5.73 Å². The van der Waals surface area contributed by atoms with Gasteiger partial charge in [-0.3, -0.25) is 4.68 Å². The van der Waals surface area contributed by atoms with Crippen LogP contribution in [-0.4, -0.2) is 14.8 Å². The normalized spacial score (nSPS) is 19.8. The second kappa shape index (κ2) is 3.36. The Hall–Kier alpha value is -1.06. The molecule has 1 aliphatic carbocycles. The maximum atomic E-state index is 5.43. The summed E-state index contributed by atoms with van der Waals surface area (Å²) in [4.78, 5) is 3.90. The highest BCUT2D eigenvalue weighted by Crippen LogP contribution is 2.33. The van der Waals surface area contributed by atoms with Crippen LogP contribution in [0, 0.1) is 11.8 Å². The van der Waals surface area contributed by atoms with Crippen LogP contribution in [0.2, 0.25) is 0 Å². The first-order valence-corrected chi connectivity index (χ1v) is 4.90. The van der Waals surface area contributed by atoms with Crippen molar-refractivity contribution in [1.82, 2.24) is 14.8 Å². The molecule has 1 saturated carbocycles. The Morgan fingerprint density at radius 3 is 2.92 bits per heavy atom. The van der Waals surface area contributed by atoms with E-state index in [2.05, 4.69) is 17.0 Å². The lowest BCUT2D eigenvalue weighted by atomic mass is 9.77. The van der Waals surface area contributed by atoms with Crippen LogP contribution in [0.1, 0.15) is 26.2 Å². The van der Waals surface area contributed by atoms with E-state index in [0.29, 0.717) is 11.9 Å². The first-order valence-electron chi connectivity index (χ1n) is 4.90. The average Bonchev–Trinajstić information content (AvgIpc) is 2.31. The number of anilines is 1. The van der Waals surface area contributed by atoms with E-state index in [9.17, 15) is 0 Å². The van der Waals surface area contributed by atoms with Crippen molar-refractivity contribution in [2.75, 3.05) is 5.73 Å². The lowest BCUT2D eigenvalue weighted by molar-refractivity contribution is 0.196. The number of rotatable bonds is 3. The lowest BCUT2D eigenvalue weighted by Crippen LogP contribution is -2.23. The van der Waals surface area contributed by atoms with Gasteiger partial charge in [0, 0.05) is 6.54 Å². The summed E-state index contributed by atoms with van der Waals surface area (Å²) >= 11 is 0. The monoisotopic (exact) mass is 180 g/mol. The van der Waals surface area contributed by atoms with Crippen LogP contribution in [0.3, 0.4) is 0 Å². The first kappa shape index (κ1) is 8.53. The molecule has 2 N–H and O–H groups in total. The molecular formula is C9H16N4. The summed E-state index contributed by atoms with van der Waals surface area (Å²) in [6, 6.07) is 0. The average molecular weight is 180 g/mol. The third-order valence-electron chi connectivity index (χ3n) is 2.98. The largest absolute Gasteiger partial charge is 0.367 e. The maximum Gasteiger partial charge on any atom is 0.239 e. The molecule has 1 unspecified atom stereocenters. The van der Waals surface area contributed by atoms with Gasteiger partial charge >= 0.3 is 0 Å². The van der Waals surface area contributed by atoms with Gasteiger partial charge in [0.2, 0.25) is 5.95 Å². The predicted molar refractivity (Wildman–Crippen MR) is 50.9 cm³/mol. The molecule has 1 fully saturated rings. The van der Waals surface area contributed by atoms with E-state index < -0.39 is 0 Å². The Morgan fingerprint density at radius 2 is 2.46 bits per heavy atom. The molecule has 1 aliphatic rings. The quantitative estimate of drug-likeness (QED) is 0.762. The molecule has 0 aliphatic heterocycles. The molecule has 0 aromatic carbocycles. The van der Waals surface area contributed by atoms with Crippen LogP contribution >= 0.6 is 0 Å². The molecule has 4 nitrogen and oxygen atoms in total. The van der Waals surface area contributed by atoms with Gasteiger partial charge in [-0.2, -0.15) is 0 Å². The minimum Gasteiger partial charge on any atom is -0.367 e. The molecule has 72 valence electrons. The minimum atomic E-state index is 0.376. The first-order chi connectivity index (χ1) is 6.25. The second-order valence-corrected chi connectivity index (χ2v) is 3.99. The van der Waals surface area contributed by atoms with Crippen molar-refractivity contribution < 1.29 is 0 Å². The molecule has 13 heavy (non-hydrogen) atoms. The van der Waals surface area contributed by atoms with E-state index in [1.54, 1.807) is 6.33 Å². The fourth-order valence-corrected chi connectivity index (χ4v) is 1.85. The number of hydrogen-bond acceptors (Lipinski definition) is 3. The number of nitrogens with zero attached hydrogens (tertiary/aromatic N) is 3. The zero-order chi connectivity index (χ0) is 9.26. The fraction of sp³-hybridized carbons (Fsp3) is 0.778. The van der Waals surface area contributed by atoms with Gasteiger partial charge in [0.25, 0.3) is 0 Å². The van der Waals surface area contributed by atoms with Gasteiger partial charge in [-0.05, 0) is 11.8 Å². The lowest BCUT2D eigenvalue weighted by Gasteiger charge is -2.31. The predicted octanol–water partition coefficient (Wildman–Crippen LogP) is 1.30. The summed E-state index contributed by atoms with van der Waals surface area (Å²) in [5.74, 6) is 1.97. The van der Waals surface area contributed by atoms with Gasteiger partial charge in [-0.15, -0.1) is 5.10 Å². The van der Waals surface area contributed by atoms with Crippen LogP contribution in [-0.2, 0) is 6.54 Å². The molecule has 1 aromatic heterocycles. The zero-order valence-electron chi connectivity index (χ0n) is 7.98. The summed E-state index contributed by atoms with van der Waals surface area (Å²) in [6.07, 6.45) is 5.87. The molecule has 1 aromatic rings. The van der Waals surface area contributed by atoms with Crippen molar-refractivity contribution >= 4 is 5.95 Å².